The average molecular weight is 413 g/mol. The van der Waals surface area contributed by atoms with Crippen LogP contribution < -0.4 is 9.30 Å². The zero-order valence-corrected chi connectivity index (χ0v) is 17.2. The van der Waals surface area contributed by atoms with Crippen LogP contribution in [0.5, 0.6) is 5.75 Å². The van der Waals surface area contributed by atoms with Crippen molar-refractivity contribution in [1.82, 2.24) is 9.55 Å². The summed E-state index contributed by atoms with van der Waals surface area (Å²) in [5.41, 5.74) is 4.19. The molecule has 0 aliphatic carbocycles. The van der Waals surface area contributed by atoms with Crippen molar-refractivity contribution in [3.63, 3.8) is 0 Å². The molecule has 2 aromatic heterocycles. The summed E-state index contributed by atoms with van der Waals surface area (Å²) in [5.74, 6) is 1.80. The molecule has 142 valence electrons. The molecule has 0 unspecified atom stereocenters. The molecule has 0 N–H and O–H groups in total. The molecule has 0 aliphatic rings. The standard InChI is InChI=1S/C22H20Cl2N3O/c1-15-25-21-9-10-26(12-16-3-6-19(28-2)7-4-16)14-22(21)27(15)13-17-11-18(23)5-8-20(17)24/h3-11,14H,12-13H2,1-2H3/q+1. The number of hydrogen-bond donors (Lipinski definition) is 0. The summed E-state index contributed by atoms with van der Waals surface area (Å²) in [4.78, 5) is 4.69. The van der Waals surface area contributed by atoms with Gasteiger partial charge in [-0.2, -0.15) is 4.57 Å². The van der Waals surface area contributed by atoms with E-state index in [0.29, 0.717) is 16.6 Å². The van der Waals surface area contributed by atoms with E-state index in [9.17, 15) is 0 Å². The summed E-state index contributed by atoms with van der Waals surface area (Å²) in [6.45, 7) is 3.39. The normalized spacial score (nSPS) is 11.1. The Morgan fingerprint density at radius 3 is 2.61 bits per heavy atom. The maximum atomic E-state index is 6.37. The highest BCUT2D eigenvalue weighted by Crippen LogP contribution is 2.24. The number of hydrogen-bond acceptors (Lipinski definition) is 2. The van der Waals surface area contributed by atoms with Crippen molar-refractivity contribution in [2.45, 2.75) is 20.0 Å². The predicted octanol–water partition coefficient (Wildman–Crippen LogP) is 5.04. The Morgan fingerprint density at radius 1 is 1.07 bits per heavy atom. The third-order valence-electron chi connectivity index (χ3n) is 4.80. The quantitative estimate of drug-likeness (QED) is 0.429. The summed E-state index contributed by atoms with van der Waals surface area (Å²) in [6.07, 6.45) is 4.17. The number of fused-ring (bicyclic) bond motifs is 1. The van der Waals surface area contributed by atoms with E-state index in [1.165, 1.54) is 5.56 Å². The van der Waals surface area contributed by atoms with Crippen molar-refractivity contribution in [2.75, 3.05) is 7.11 Å². The van der Waals surface area contributed by atoms with Gasteiger partial charge >= 0.3 is 0 Å². The van der Waals surface area contributed by atoms with Crippen LogP contribution in [0.3, 0.4) is 0 Å². The second-order valence-electron chi connectivity index (χ2n) is 6.72. The fraction of sp³-hybridized carbons (Fsp3) is 0.182. The fourth-order valence-corrected chi connectivity index (χ4v) is 3.68. The monoisotopic (exact) mass is 412 g/mol. The molecule has 2 heterocycles. The molecule has 0 bridgehead atoms. The minimum absolute atomic E-state index is 0.619. The average Bonchev–Trinajstić information content (AvgIpc) is 3.00. The number of nitrogens with zero attached hydrogens (tertiary/aromatic N) is 3. The van der Waals surface area contributed by atoms with Gasteiger partial charge in [-0.15, -0.1) is 0 Å². The van der Waals surface area contributed by atoms with Crippen LogP contribution >= 0.6 is 23.2 Å². The number of rotatable bonds is 5. The highest BCUT2D eigenvalue weighted by Gasteiger charge is 2.14. The van der Waals surface area contributed by atoms with Crippen molar-refractivity contribution in [1.29, 1.82) is 0 Å². The van der Waals surface area contributed by atoms with Crippen LogP contribution in [-0.4, -0.2) is 16.7 Å². The van der Waals surface area contributed by atoms with E-state index in [1.54, 1.807) is 13.2 Å². The molecule has 2 aromatic carbocycles. The van der Waals surface area contributed by atoms with Gasteiger partial charge in [-0.25, -0.2) is 4.98 Å². The number of benzene rings is 2. The lowest BCUT2D eigenvalue weighted by Gasteiger charge is -2.09. The molecule has 0 aliphatic heterocycles. The van der Waals surface area contributed by atoms with Gasteiger partial charge in [0.25, 0.3) is 0 Å². The van der Waals surface area contributed by atoms with Crippen LogP contribution in [0.1, 0.15) is 17.0 Å². The predicted molar refractivity (Wildman–Crippen MR) is 112 cm³/mol. The zero-order chi connectivity index (χ0) is 19.7. The van der Waals surface area contributed by atoms with E-state index in [2.05, 4.69) is 38.6 Å². The third kappa shape index (κ3) is 3.84. The van der Waals surface area contributed by atoms with Crippen molar-refractivity contribution in [2.24, 2.45) is 0 Å². The maximum absolute atomic E-state index is 6.37. The Bertz CT molecular complexity index is 1140. The van der Waals surface area contributed by atoms with Gasteiger partial charge in [-0.05, 0) is 55.0 Å². The first-order chi connectivity index (χ1) is 13.5. The Labute approximate surface area is 173 Å². The summed E-state index contributed by atoms with van der Waals surface area (Å²) >= 11 is 12.5. The second-order valence-corrected chi connectivity index (χ2v) is 7.56. The molecule has 0 fully saturated rings. The highest BCUT2D eigenvalue weighted by atomic mass is 35.5. The number of aryl methyl sites for hydroxylation is 1. The lowest BCUT2D eigenvalue weighted by Crippen LogP contribution is -2.33. The summed E-state index contributed by atoms with van der Waals surface area (Å²) < 4.78 is 9.55. The molecule has 0 radical (unpaired) electrons. The minimum Gasteiger partial charge on any atom is -0.497 e. The minimum atomic E-state index is 0.619. The van der Waals surface area contributed by atoms with Gasteiger partial charge in [0.15, 0.2) is 18.9 Å². The molecule has 0 spiro atoms. The van der Waals surface area contributed by atoms with Crippen LogP contribution in [0, 0.1) is 6.92 Å². The second kappa shape index (κ2) is 7.82. The van der Waals surface area contributed by atoms with Gasteiger partial charge in [0.05, 0.1) is 13.7 Å². The number of ether oxygens (including phenoxy) is 1. The smallest absolute Gasteiger partial charge is 0.195 e. The first-order valence-electron chi connectivity index (χ1n) is 8.96. The first-order valence-corrected chi connectivity index (χ1v) is 9.72. The van der Waals surface area contributed by atoms with Crippen LogP contribution in [0.2, 0.25) is 10.0 Å². The van der Waals surface area contributed by atoms with E-state index < -0.39 is 0 Å². The largest absolute Gasteiger partial charge is 0.497 e. The summed E-state index contributed by atoms with van der Waals surface area (Å²) in [7, 11) is 1.67. The van der Waals surface area contributed by atoms with Crippen LogP contribution in [0.4, 0.5) is 0 Å². The summed E-state index contributed by atoms with van der Waals surface area (Å²) in [5, 5.41) is 1.38. The van der Waals surface area contributed by atoms with E-state index in [0.717, 1.165) is 34.7 Å². The molecule has 0 amide bonds. The van der Waals surface area contributed by atoms with Crippen LogP contribution in [-0.2, 0) is 13.1 Å². The van der Waals surface area contributed by atoms with Gasteiger partial charge in [-0.3, -0.25) is 0 Å². The molecular formula is C22H20Cl2N3O+. The number of halogens is 2. The van der Waals surface area contributed by atoms with Crippen molar-refractivity contribution in [3.05, 3.63) is 87.9 Å². The van der Waals surface area contributed by atoms with E-state index in [-0.39, 0.29) is 0 Å². The SMILES string of the molecule is COc1ccc(C[n+]2ccc3nc(C)n(Cc4cc(Cl)ccc4Cl)c3c2)cc1. The van der Waals surface area contributed by atoms with Crippen LogP contribution in [0.15, 0.2) is 60.9 Å². The number of imidazole rings is 1. The molecule has 6 heteroatoms. The van der Waals surface area contributed by atoms with Crippen molar-refractivity contribution in [3.8, 4) is 5.75 Å². The maximum Gasteiger partial charge on any atom is 0.195 e. The van der Waals surface area contributed by atoms with Crippen molar-refractivity contribution < 1.29 is 9.30 Å². The molecule has 4 aromatic rings. The topological polar surface area (TPSA) is 30.9 Å². The van der Waals surface area contributed by atoms with E-state index in [1.807, 2.05) is 37.3 Å². The summed E-state index contributed by atoms with van der Waals surface area (Å²) in [6, 6.07) is 15.7. The number of aromatic nitrogens is 3. The lowest BCUT2D eigenvalue weighted by atomic mass is 10.2. The van der Waals surface area contributed by atoms with Gasteiger partial charge in [-0.1, -0.05) is 23.2 Å². The first kappa shape index (κ1) is 18.8. The van der Waals surface area contributed by atoms with Gasteiger partial charge in [0, 0.05) is 21.7 Å². The zero-order valence-electron chi connectivity index (χ0n) is 15.7. The molecule has 4 rings (SSSR count). The Kier molecular flexibility index (Phi) is 5.25. The van der Waals surface area contributed by atoms with Gasteiger partial charge in [0.2, 0.25) is 0 Å². The number of methoxy groups -OCH3 is 1. The van der Waals surface area contributed by atoms with Crippen LogP contribution in [0.25, 0.3) is 11.0 Å². The molecular weight excluding hydrogens is 393 g/mol. The van der Waals surface area contributed by atoms with E-state index >= 15 is 0 Å². The lowest BCUT2D eigenvalue weighted by molar-refractivity contribution is -0.687. The number of pyridine rings is 1. The molecule has 0 saturated carbocycles. The van der Waals surface area contributed by atoms with Gasteiger partial charge in [0.1, 0.15) is 22.6 Å². The molecule has 28 heavy (non-hydrogen) atoms. The Hall–Kier alpha value is -2.56. The fourth-order valence-electron chi connectivity index (χ4n) is 3.30. The Morgan fingerprint density at radius 2 is 1.86 bits per heavy atom. The van der Waals surface area contributed by atoms with Crippen molar-refractivity contribution >= 4 is 34.2 Å². The molecule has 0 saturated heterocycles. The highest BCUT2D eigenvalue weighted by molar-refractivity contribution is 6.33. The third-order valence-corrected chi connectivity index (χ3v) is 5.40. The van der Waals surface area contributed by atoms with E-state index in [4.69, 9.17) is 27.9 Å². The molecule has 4 nitrogen and oxygen atoms in total. The molecule has 0 atom stereocenters. The van der Waals surface area contributed by atoms with Gasteiger partial charge < -0.3 is 9.30 Å². The Balaban J connectivity index is 1.68.